The maximum atomic E-state index is 11.3. The van der Waals surface area contributed by atoms with Gasteiger partial charge in [-0.25, -0.2) is 4.79 Å². The third-order valence-electron chi connectivity index (χ3n) is 2.65. The lowest BCUT2D eigenvalue weighted by Crippen LogP contribution is -2.07. The van der Waals surface area contributed by atoms with Gasteiger partial charge in [-0.1, -0.05) is 52.3 Å². The van der Waals surface area contributed by atoms with Gasteiger partial charge in [0.25, 0.3) is 0 Å². The zero-order valence-corrected chi connectivity index (χ0v) is 13.7. The van der Waals surface area contributed by atoms with Crippen LogP contribution in [0.1, 0.15) is 0 Å². The lowest BCUT2D eigenvalue weighted by atomic mass is 10.2. The summed E-state index contributed by atoms with van der Waals surface area (Å²) in [5.74, 6) is 0. The smallest absolute Gasteiger partial charge is 0.352 e. The van der Waals surface area contributed by atoms with Gasteiger partial charge in [-0.3, -0.25) is 4.21 Å². The van der Waals surface area contributed by atoms with Crippen molar-refractivity contribution in [1.29, 1.82) is 0 Å². The Hall–Kier alpha value is -1.72. The van der Waals surface area contributed by atoms with Crippen molar-refractivity contribution < 1.29 is 8.63 Å². The first-order valence-electron chi connectivity index (χ1n) is 6.15. The zero-order chi connectivity index (χ0) is 15.2. The van der Waals surface area contributed by atoms with Crippen LogP contribution in [-0.2, 0) is 10.8 Å². The zero-order valence-electron chi connectivity index (χ0n) is 11.3. The molecule has 21 heavy (non-hydrogen) atoms. The molecule has 0 radical (unpaired) electrons. The molecule has 0 spiro atoms. The molecule has 1 heterocycles. The van der Waals surface area contributed by atoms with Crippen molar-refractivity contribution >= 4 is 37.7 Å². The fourth-order valence-electron chi connectivity index (χ4n) is 1.66. The van der Waals surface area contributed by atoms with Crippen LogP contribution < -0.4 is 5.63 Å². The second kappa shape index (κ2) is 7.33. The Morgan fingerprint density at radius 2 is 1.62 bits per heavy atom. The highest BCUT2D eigenvalue weighted by Crippen LogP contribution is 2.13. The molecule has 0 aliphatic carbocycles. The van der Waals surface area contributed by atoms with Crippen LogP contribution in [-0.4, -0.2) is 10.5 Å². The standard InChI is InChI=1S/C10H8O3S.C6H5Br/c1-14(12)9-6-7-4-2-3-5-8(7)13-10(9)11;7-6-4-2-1-3-5-6/h2-6H,1H3;1-5H. The number of fused-ring (bicyclic) bond motifs is 1. The minimum atomic E-state index is -1.30. The molecule has 0 aliphatic rings. The van der Waals surface area contributed by atoms with Gasteiger partial charge in [0, 0.05) is 16.1 Å². The second-order valence-electron chi connectivity index (χ2n) is 4.19. The monoisotopic (exact) mass is 364 g/mol. The van der Waals surface area contributed by atoms with Gasteiger partial charge in [-0.05, 0) is 24.3 Å². The molecule has 3 nitrogen and oxygen atoms in total. The highest BCUT2D eigenvalue weighted by Gasteiger charge is 2.07. The SMILES string of the molecule is Brc1ccccc1.CS(=O)c1cc2ccccc2oc1=O. The van der Waals surface area contributed by atoms with Gasteiger partial charge >= 0.3 is 5.63 Å². The van der Waals surface area contributed by atoms with Crippen LogP contribution in [0.4, 0.5) is 0 Å². The molecule has 0 N–H and O–H groups in total. The van der Waals surface area contributed by atoms with Crippen molar-refractivity contribution in [2.45, 2.75) is 4.90 Å². The molecular formula is C16H13BrO3S. The van der Waals surface area contributed by atoms with Gasteiger partial charge in [-0.15, -0.1) is 0 Å². The highest BCUT2D eigenvalue weighted by atomic mass is 79.9. The topological polar surface area (TPSA) is 47.3 Å². The number of hydrogen-bond donors (Lipinski definition) is 0. The summed E-state index contributed by atoms with van der Waals surface area (Å²) in [6.45, 7) is 0. The van der Waals surface area contributed by atoms with Crippen LogP contribution in [0.5, 0.6) is 0 Å². The first-order valence-corrected chi connectivity index (χ1v) is 8.50. The van der Waals surface area contributed by atoms with Crippen LogP contribution >= 0.6 is 15.9 Å². The Morgan fingerprint density at radius 1 is 1.00 bits per heavy atom. The van der Waals surface area contributed by atoms with Crippen molar-refractivity contribution in [2.24, 2.45) is 0 Å². The predicted octanol–water partition coefficient (Wildman–Crippen LogP) is 3.98. The minimum absolute atomic E-state index is 0.212. The maximum Gasteiger partial charge on any atom is 0.352 e. The summed E-state index contributed by atoms with van der Waals surface area (Å²) in [7, 11) is -1.30. The number of halogens is 1. The molecule has 0 saturated heterocycles. The van der Waals surface area contributed by atoms with E-state index in [1.54, 1.807) is 18.2 Å². The third-order valence-corrected chi connectivity index (χ3v) is 4.08. The Morgan fingerprint density at radius 3 is 2.19 bits per heavy atom. The Balaban J connectivity index is 0.000000194. The van der Waals surface area contributed by atoms with E-state index < -0.39 is 16.4 Å². The molecule has 3 rings (SSSR count). The van der Waals surface area contributed by atoms with E-state index in [2.05, 4.69) is 15.9 Å². The summed E-state index contributed by atoms with van der Waals surface area (Å²) in [6, 6.07) is 18.7. The summed E-state index contributed by atoms with van der Waals surface area (Å²) >= 11 is 3.31. The van der Waals surface area contributed by atoms with Crippen molar-refractivity contribution in [2.75, 3.05) is 6.26 Å². The largest absolute Gasteiger partial charge is 0.422 e. The molecule has 1 unspecified atom stereocenters. The van der Waals surface area contributed by atoms with Crippen LogP contribution in [0, 0.1) is 0 Å². The van der Waals surface area contributed by atoms with E-state index in [0.29, 0.717) is 5.58 Å². The summed E-state index contributed by atoms with van der Waals surface area (Å²) in [5.41, 5.74) is -0.00349. The van der Waals surface area contributed by atoms with Crippen molar-refractivity contribution in [3.63, 3.8) is 0 Å². The minimum Gasteiger partial charge on any atom is -0.422 e. The molecule has 0 bridgehead atoms. The van der Waals surface area contributed by atoms with Crippen LogP contribution in [0.25, 0.3) is 11.0 Å². The van der Waals surface area contributed by atoms with Crippen LogP contribution in [0.3, 0.4) is 0 Å². The van der Waals surface area contributed by atoms with Gasteiger partial charge in [-0.2, -0.15) is 0 Å². The van der Waals surface area contributed by atoms with Gasteiger partial charge in [0.05, 0.1) is 10.8 Å². The molecule has 5 heteroatoms. The Labute approximate surface area is 133 Å². The number of rotatable bonds is 1. The quantitative estimate of drug-likeness (QED) is 0.613. The average Bonchev–Trinajstić information content (AvgIpc) is 2.47. The van der Waals surface area contributed by atoms with Gasteiger partial charge in [0.1, 0.15) is 10.5 Å². The van der Waals surface area contributed by atoms with E-state index in [9.17, 15) is 9.00 Å². The first-order chi connectivity index (χ1) is 10.1. The number of benzene rings is 2. The molecule has 0 fully saturated rings. The lowest BCUT2D eigenvalue weighted by molar-refractivity contribution is 0.541. The molecule has 3 aromatic rings. The predicted molar refractivity (Wildman–Crippen MR) is 89.0 cm³/mol. The summed E-state index contributed by atoms with van der Waals surface area (Å²) in [6.07, 6.45) is 1.46. The summed E-state index contributed by atoms with van der Waals surface area (Å²) in [5, 5.41) is 0.789. The van der Waals surface area contributed by atoms with Crippen LogP contribution in [0.15, 0.2) is 79.2 Å². The molecule has 0 aliphatic heterocycles. The molecular weight excluding hydrogens is 352 g/mol. The molecule has 0 amide bonds. The summed E-state index contributed by atoms with van der Waals surface area (Å²) < 4.78 is 17.3. The van der Waals surface area contributed by atoms with E-state index in [-0.39, 0.29) is 4.90 Å². The third kappa shape index (κ3) is 4.37. The lowest BCUT2D eigenvalue weighted by Gasteiger charge is -1.97. The molecule has 2 aromatic carbocycles. The fourth-order valence-corrected chi connectivity index (χ4v) is 2.53. The second-order valence-corrected chi connectivity index (χ2v) is 6.45. The van der Waals surface area contributed by atoms with Crippen molar-refractivity contribution in [3.8, 4) is 0 Å². The number of para-hydroxylation sites is 1. The van der Waals surface area contributed by atoms with E-state index >= 15 is 0 Å². The average molecular weight is 365 g/mol. The van der Waals surface area contributed by atoms with E-state index in [1.807, 2.05) is 42.5 Å². The van der Waals surface area contributed by atoms with E-state index in [0.717, 1.165) is 9.86 Å². The molecule has 1 atom stereocenters. The van der Waals surface area contributed by atoms with Crippen molar-refractivity contribution in [3.05, 3.63) is 75.6 Å². The molecule has 1 aromatic heterocycles. The molecule has 0 saturated carbocycles. The van der Waals surface area contributed by atoms with E-state index in [4.69, 9.17) is 4.42 Å². The summed E-state index contributed by atoms with van der Waals surface area (Å²) in [4.78, 5) is 11.5. The normalized spacial score (nSPS) is 11.5. The Kier molecular flexibility index (Phi) is 5.47. The Bertz CT molecular complexity index is 812. The van der Waals surface area contributed by atoms with Gasteiger partial charge < -0.3 is 4.42 Å². The van der Waals surface area contributed by atoms with Crippen LogP contribution in [0.2, 0.25) is 0 Å². The van der Waals surface area contributed by atoms with E-state index in [1.165, 1.54) is 6.26 Å². The number of hydrogen-bond acceptors (Lipinski definition) is 3. The van der Waals surface area contributed by atoms with Gasteiger partial charge in [0.2, 0.25) is 0 Å². The highest BCUT2D eigenvalue weighted by molar-refractivity contribution is 9.10. The molecule has 108 valence electrons. The van der Waals surface area contributed by atoms with Crippen molar-refractivity contribution in [1.82, 2.24) is 0 Å². The first kappa shape index (κ1) is 15.7. The maximum absolute atomic E-state index is 11.3. The fraction of sp³-hybridized carbons (Fsp3) is 0.0625. The van der Waals surface area contributed by atoms with Gasteiger partial charge in [0.15, 0.2) is 0 Å².